The van der Waals surface area contributed by atoms with Crippen LogP contribution in [0.15, 0.2) is 53.1 Å². The predicted octanol–water partition coefficient (Wildman–Crippen LogP) is 3.98. The van der Waals surface area contributed by atoms with E-state index >= 15 is 0 Å². The summed E-state index contributed by atoms with van der Waals surface area (Å²) in [6.07, 6.45) is 0. The highest BCUT2D eigenvalue weighted by molar-refractivity contribution is 5.89. The molecule has 25 heavy (non-hydrogen) atoms. The molecule has 0 saturated carbocycles. The van der Waals surface area contributed by atoms with Crippen LogP contribution in [0, 0.1) is 0 Å². The fraction of sp³-hybridized carbons (Fsp3) is 0.158. The number of nitrogens with one attached hydrogen (secondary N) is 1. The fourth-order valence-electron chi connectivity index (χ4n) is 2.46. The number of nitrogens with zero attached hydrogens (tertiary/aromatic N) is 1. The van der Waals surface area contributed by atoms with Gasteiger partial charge in [0.1, 0.15) is 5.69 Å². The molecule has 0 aliphatic heterocycles. The summed E-state index contributed by atoms with van der Waals surface area (Å²) in [5.41, 5.74) is 3.18. The van der Waals surface area contributed by atoms with Crippen LogP contribution in [0.5, 0.6) is 11.5 Å². The van der Waals surface area contributed by atoms with E-state index in [1.165, 1.54) is 6.92 Å². The summed E-state index contributed by atoms with van der Waals surface area (Å²) < 4.78 is 16.0. The van der Waals surface area contributed by atoms with Crippen molar-refractivity contribution < 1.29 is 18.8 Å². The molecule has 0 radical (unpaired) electrons. The SMILES string of the molecule is COc1ccc(-c2cc(-c3ccc(NC(C)=O)cc3)no2)cc1OC. The summed E-state index contributed by atoms with van der Waals surface area (Å²) in [4.78, 5) is 11.1. The normalized spacial score (nSPS) is 10.4. The largest absolute Gasteiger partial charge is 0.493 e. The van der Waals surface area contributed by atoms with E-state index in [0.717, 1.165) is 16.8 Å². The number of carbonyl (C=O) groups excluding carboxylic acids is 1. The maximum absolute atomic E-state index is 11.1. The van der Waals surface area contributed by atoms with Crippen molar-refractivity contribution in [3.05, 3.63) is 48.5 Å². The maximum Gasteiger partial charge on any atom is 0.221 e. The Kier molecular flexibility index (Phi) is 4.70. The molecule has 0 bridgehead atoms. The summed E-state index contributed by atoms with van der Waals surface area (Å²) in [7, 11) is 3.18. The molecule has 3 aromatic rings. The average Bonchev–Trinajstić information content (AvgIpc) is 3.11. The number of amides is 1. The molecule has 1 aromatic heterocycles. The van der Waals surface area contributed by atoms with Crippen LogP contribution in [0.4, 0.5) is 5.69 Å². The first-order chi connectivity index (χ1) is 12.1. The van der Waals surface area contributed by atoms with Gasteiger partial charge in [-0.05, 0) is 30.3 Å². The van der Waals surface area contributed by atoms with Crippen LogP contribution in [-0.2, 0) is 4.79 Å². The number of carbonyl (C=O) groups is 1. The van der Waals surface area contributed by atoms with Crippen molar-refractivity contribution >= 4 is 11.6 Å². The zero-order chi connectivity index (χ0) is 17.8. The number of anilines is 1. The molecule has 0 aliphatic carbocycles. The number of benzene rings is 2. The van der Waals surface area contributed by atoms with Gasteiger partial charge in [-0.25, -0.2) is 0 Å². The first-order valence-corrected chi connectivity index (χ1v) is 7.68. The minimum absolute atomic E-state index is 0.107. The minimum Gasteiger partial charge on any atom is -0.493 e. The van der Waals surface area contributed by atoms with E-state index in [0.29, 0.717) is 23.0 Å². The second kappa shape index (κ2) is 7.09. The molecule has 3 rings (SSSR count). The van der Waals surface area contributed by atoms with Crippen molar-refractivity contribution in [2.45, 2.75) is 6.92 Å². The number of hydrogen-bond donors (Lipinski definition) is 1. The van der Waals surface area contributed by atoms with Crippen molar-refractivity contribution in [2.75, 3.05) is 19.5 Å². The monoisotopic (exact) mass is 338 g/mol. The predicted molar refractivity (Wildman–Crippen MR) is 94.8 cm³/mol. The molecule has 2 aromatic carbocycles. The number of aromatic nitrogens is 1. The van der Waals surface area contributed by atoms with E-state index in [-0.39, 0.29) is 5.91 Å². The Morgan fingerprint density at radius 3 is 2.28 bits per heavy atom. The van der Waals surface area contributed by atoms with Gasteiger partial charge in [0.2, 0.25) is 5.91 Å². The van der Waals surface area contributed by atoms with Crippen LogP contribution in [0.1, 0.15) is 6.92 Å². The van der Waals surface area contributed by atoms with Crippen molar-refractivity contribution in [3.8, 4) is 34.1 Å². The van der Waals surface area contributed by atoms with Gasteiger partial charge in [-0.1, -0.05) is 17.3 Å². The zero-order valence-corrected chi connectivity index (χ0v) is 14.2. The van der Waals surface area contributed by atoms with E-state index in [2.05, 4.69) is 10.5 Å². The maximum atomic E-state index is 11.1. The lowest BCUT2D eigenvalue weighted by atomic mass is 10.1. The molecule has 0 saturated heterocycles. The number of rotatable bonds is 5. The lowest BCUT2D eigenvalue weighted by molar-refractivity contribution is -0.114. The molecule has 128 valence electrons. The van der Waals surface area contributed by atoms with Gasteiger partial charge in [0.25, 0.3) is 0 Å². The summed E-state index contributed by atoms with van der Waals surface area (Å²) in [5.74, 6) is 1.80. The van der Waals surface area contributed by atoms with E-state index in [1.54, 1.807) is 14.2 Å². The topological polar surface area (TPSA) is 73.6 Å². The first kappa shape index (κ1) is 16.6. The molecule has 6 nitrogen and oxygen atoms in total. The lowest BCUT2D eigenvalue weighted by Gasteiger charge is -2.07. The molecule has 6 heteroatoms. The number of ether oxygens (including phenoxy) is 2. The Morgan fingerprint density at radius 2 is 1.64 bits per heavy atom. The van der Waals surface area contributed by atoms with Crippen LogP contribution in [0.25, 0.3) is 22.6 Å². The first-order valence-electron chi connectivity index (χ1n) is 7.68. The number of methoxy groups -OCH3 is 2. The van der Waals surface area contributed by atoms with Crippen LogP contribution < -0.4 is 14.8 Å². The zero-order valence-electron chi connectivity index (χ0n) is 14.2. The summed E-state index contributed by atoms with van der Waals surface area (Å²) >= 11 is 0. The second-order valence-corrected chi connectivity index (χ2v) is 5.40. The van der Waals surface area contributed by atoms with Crippen molar-refractivity contribution in [1.82, 2.24) is 5.16 Å². The van der Waals surface area contributed by atoms with Gasteiger partial charge in [0, 0.05) is 29.8 Å². The lowest BCUT2D eigenvalue weighted by Crippen LogP contribution is -2.05. The number of hydrogen-bond acceptors (Lipinski definition) is 5. The third kappa shape index (κ3) is 3.63. The van der Waals surface area contributed by atoms with Gasteiger partial charge >= 0.3 is 0 Å². The third-order valence-corrected chi connectivity index (χ3v) is 3.68. The Labute approximate surface area is 145 Å². The molecular weight excluding hydrogens is 320 g/mol. The van der Waals surface area contributed by atoms with E-state index in [4.69, 9.17) is 14.0 Å². The fourth-order valence-corrected chi connectivity index (χ4v) is 2.46. The Hall–Kier alpha value is -3.28. The van der Waals surface area contributed by atoms with Gasteiger partial charge in [-0.3, -0.25) is 4.79 Å². The Morgan fingerprint density at radius 1 is 0.960 bits per heavy atom. The Balaban J connectivity index is 1.86. The van der Waals surface area contributed by atoms with Gasteiger partial charge in [0.05, 0.1) is 14.2 Å². The summed E-state index contributed by atoms with van der Waals surface area (Å²) in [6, 6.07) is 14.8. The Bertz CT molecular complexity index is 885. The highest BCUT2D eigenvalue weighted by atomic mass is 16.5. The quantitative estimate of drug-likeness (QED) is 0.761. The molecule has 0 spiro atoms. The molecule has 1 N–H and O–H groups in total. The molecule has 0 unspecified atom stereocenters. The molecule has 1 amide bonds. The molecular formula is C19H18N2O4. The van der Waals surface area contributed by atoms with Crippen LogP contribution >= 0.6 is 0 Å². The van der Waals surface area contributed by atoms with E-state index in [9.17, 15) is 4.79 Å². The molecule has 0 fully saturated rings. The smallest absolute Gasteiger partial charge is 0.221 e. The third-order valence-electron chi connectivity index (χ3n) is 3.68. The standard InChI is InChI=1S/C19H18N2O4/c1-12(22)20-15-7-4-13(5-8-15)16-11-18(25-21-16)14-6-9-17(23-2)19(10-14)24-3/h4-11H,1-3H3,(H,20,22). The van der Waals surface area contributed by atoms with Crippen molar-refractivity contribution in [2.24, 2.45) is 0 Å². The minimum atomic E-state index is -0.107. The van der Waals surface area contributed by atoms with Crippen LogP contribution in [-0.4, -0.2) is 25.3 Å². The van der Waals surface area contributed by atoms with E-state index in [1.807, 2.05) is 48.5 Å². The second-order valence-electron chi connectivity index (χ2n) is 5.40. The average molecular weight is 338 g/mol. The van der Waals surface area contributed by atoms with Crippen molar-refractivity contribution in [3.63, 3.8) is 0 Å². The van der Waals surface area contributed by atoms with Crippen LogP contribution in [0.3, 0.4) is 0 Å². The van der Waals surface area contributed by atoms with Gasteiger partial charge in [-0.2, -0.15) is 0 Å². The molecule has 0 atom stereocenters. The van der Waals surface area contributed by atoms with Gasteiger partial charge < -0.3 is 19.3 Å². The van der Waals surface area contributed by atoms with Gasteiger partial charge in [-0.15, -0.1) is 0 Å². The molecule has 0 aliphatic rings. The van der Waals surface area contributed by atoms with Gasteiger partial charge in [0.15, 0.2) is 17.3 Å². The van der Waals surface area contributed by atoms with Crippen molar-refractivity contribution in [1.29, 1.82) is 0 Å². The van der Waals surface area contributed by atoms with Crippen LogP contribution in [0.2, 0.25) is 0 Å². The summed E-state index contributed by atoms with van der Waals surface area (Å²) in [6.45, 7) is 1.47. The van der Waals surface area contributed by atoms with E-state index < -0.39 is 0 Å². The summed E-state index contributed by atoms with van der Waals surface area (Å²) in [5, 5.41) is 6.85. The molecule has 1 heterocycles. The highest BCUT2D eigenvalue weighted by Gasteiger charge is 2.12. The highest BCUT2D eigenvalue weighted by Crippen LogP contribution is 2.33.